The second kappa shape index (κ2) is 5.50. The third-order valence-corrected chi connectivity index (χ3v) is 3.35. The summed E-state index contributed by atoms with van der Waals surface area (Å²) in [6, 6.07) is 16.0. The monoisotopic (exact) mass is 277 g/mol. The van der Waals surface area contributed by atoms with E-state index in [-0.39, 0.29) is 0 Å². The largest absolute Gasteiger partial charge is 0.354 e. The predicted molar refractivity (Wildman–Crippen MR) is 87.3 cm³/mol. The lowest BCUT2D eigenvalue weighted by Gasteiger charge is -1.99. The van der Waals surface area contributed by atoms with Crippen molar-refractivity contribution in [2.75, 3.05) is 0 Å². The van der Waals surface area contributed by atoms with Gasteiger partial charge in [-0.15, -0.1) is 0 Å². The zero-order valence-electron chi connectivity index (χ0n) is 11.3. The highest BCUT2D eigenvalue weighted by Gasteiger charge is 2.11. The molecule has 5 nitrogen and oxygen atoms in total. The molecule has 2 aromatic carbocycles. The summed E-state index contributed by atoms with van der Waals surface area (Å²) >= 11 is 0. The fraction of sp³-hybridized carbons (Fsp3) is 0. The smallest absolute Gasteiger partial charge is 0.0565 e. The van der Waals surface area contributed by atoms with Crippen molar-refractivity contribution in [1.82, 2.24) is 4.98 Å². The minimum atomic E-state index is 0.932. The van der Waals surface area contributed by atoms with Gasteiger partial charge in [0.25, 0.3) is 0 Å². The van der Waals surface area contributed by atoms with Gasteiger partial charge in [-0.1, -0.05) is 42.5 Å². The van der Waals surface area contributed by atoms with Crippen molar-refractivity contribution in [3.63, 3.8) is 0 Å². The van der Waals surface area contributed by atoms with Crippen LogP contribution in [0.1, 0.15) is 11.1 Å². The summed E-state index contributed by atoms with van der Waals surface area (Å²) in [6.45, 7) is 0. The number of nitrogens with two attached hydrogens (primary N) is 2. The lowest BCUT2D eigenvalue weighted by molar-refractivity contribution is 1.26. The van der Waals surface area contributed by atoms with E-state index in [1.165, 1.54) is 0 Å². The fourth-order valence-corrected chi connectivity index (χ4v) is 2.44. The molecule has 5 heteroatoms. The number of hydrogen-bond acceptors (Lipinski definition) is 4. The van der Waals surface area contributed by atoms with Crippen LogP contribution in [-0.4, -0.2) is 17.4 Å². The predicted octanol–water partition coefficient (Wildman–Crippen LogP) is 2.42. The van der Waals surface area contributed by atoms with Crippen LogP contribution in [0.25, 0.3) is 22.2 Å². The Morgan fingerprint density at radius 1 is 0.905 bits per heavy atom. The third kappa shape index (κ3) is 2.36. The Morgan fingerprint density at radius 2 is 1.67 bits per heavy atom. The van der Waals surface area contributed by atoms with E-state index in [4.69, 9.17) is 11.7 Å². The van der Waals surface area contributed by atoms with Gasteiger partial charge in [0.2, 0.25) is 0 Å². The SMILES string of the molecule is N/N=C/c1ccc2c(/C=N/N)c(-c3ccccc3)[nH]c2c1. The van der Waals surface area contributed by atoms with E-state index in [0.717, 1.165) is 33.3 Å². The van der Waals surface area contributed by atoms with Crippen LogP contribution in [0.5, 0.6) is 0 Å². The minimum Gasteiger partial charge on any atom is -0.354 e. The second-order valence-electron chi connectivity index (χ2n) is 4.64. The summed E-state index contributed by atoms with van der Waals surface area (Å²) in [5.74, 6) is 10.6. The number of rotatable bonds is 3. The Hall–Kier alpha value is -3.08. The standard InChI is InChI=1S/C16H15N5/c17-19-9-11-6-7-13-14(10-20-18)16(21-15(13)8-11)12-4-2-1-3-5-12/h1-10,21H,17-18H2/b19-9+,20-10+. The van der Waals surface area contributed by atoms with Crippen LogP contribution < -0.4 is 11.7 Å². The summed E-state index contributed by atoms with van der Waals surface area (Å²) in [5.41, 5.74) is 4.96. The molecule has 0 spiro atoms. The molecular formula is C16H15N5. The number of hydrazone groups is 2. The number of fused-ring (bicyclic) bond motifs is 1. The van der Waals surface area contributed by atoms with Crippen LogP contribution in [0, 0.1) is 0 Å². The van der Waals surface area contributed by atoms with Crippen molar-refractivity contribution in [3.05, 3.63) is 59.7 Å². The first-order valence-electron chi connectivity index (χ1n) is 6.51. The maximum atomic E-state index is 5.35. The maximum absolute atomic E-state index is 5.35. The molecule has 0 amide bonds. The van der Waals surface area contributed by atoms with Crippen LogP contribution in [0.2, 0.25) is 0 Å². The molecular weight excluding hydrogens is 262 g/mol. The van der Waals surface area contributed by atoms with E-state index < -0.39 is 0 Å². The van der Waals surface area contributed by atoms with E-state index >= 15 is 0 Å². The van der Waals surface area contributed by atoms with E-state index in [0.29, 0.717) is 0 Å². The average Bonchev–Trinajstić information content (AvgIpc) is 2.87. The number of hydrogen-bond donors (Lipinski definition) is 3. The molecule has 0 unspecified atom stereocenters. The van der Waals surface area contributed by atoms with Gasteiger partial charge >= 0.3 is 0 Å². The van der Waals surface area contributed by atoms with Crippen molar-refractivity contribution < 1.29 is 0 Å². The zero-order valence-corrected chi connectivity index (χ0v) is 11.3. The van der Waals surface area contributed by atoms with Crippen molar-refractivity contribution in [2.45, 2.75) is 0 Å². The van der Waals surface area contributed by atoms with Crippen LogP contribution in [0.3, 0.4) is 0 Å². The molecule has 104 valence electrons. The van der Waals surface area contributed by atoms with Crippen LogP contribution in [-0.2, 0) is 0 Å². The topological polar surface area (TPSA) is 92.5 Å². The number of H-pyrrole nitrogens is 1. The summed E-state index contributed by atoms with van der Waals surface area (Å²) in [6.07, 6.45) is 3.27. The molecule has 1 heterocycles. The van der Waals surface area contributed by atoms with Crippen molar-refractivity contribution in [1.29, 1.82) is 0 Å². The van der Waals surface area contributed by atoms with Crippen LogP contribution >= 0.6 is 0 Å². The Morgan fingerprint density at radius 3 is 2.38 bits per heavy atom. The highest BCUT2D eigenvalue weighted by molar-refractivity contribution is 6.06. The lowest BCUT2D eigenvalue weighted by atomic mass is 10.1. The van der Waals surface area contributed by atoms with Gasteiger partial charge in [-0.3, -0.25) is 0 Å². The summed E-state index contributed by atoms with van der Waals surface area (Å²) < 4.78 is 0. The first kappa shape index (κ1) is 12.9. The van der Waals surface area contributed by atoms with Gasteiger partial charge < -0.3 is 16.7 Å². The van der Waals surface area contributed by atoms with Crippen molar-refractivity contribution in [3.8, 4) is 11.3 Å². The molecule has 0 radical (unpaired) electrons. The van der Waals surface area contributed by atoms with Gasteiger partial charge in [-0.25, -0.2) is 0 Å². The number of aromatic nitrogens is 1. The summed E-state index contributed by atoms with van der Waals surface area (Å²) in [5, 5.41) is 8.29. The van der Waals surface area contributed by atoms with E-state index in [2.05, 4.69) is 15.2 Å². The number of nitrogens with one attached hydrogen (secondary N) is 1. The zero-order chi connectivity index (χ0) is 14.7. The Bertz CT molecular complexity index is 815. The van der Waals surface area contributed by atoms with Gasteiger partial charge in [0.15, 0.2) is 0 Å². The maximum Gasteiger partial charge on any atom is 0.0565 e. The summed E-state index contributed by atoms with van der Waals surface area (Å²) in [4.78, 5) is 3.41. The summed E-state index contributed by atoms with van der Waals surface area (Å²) in [7, 11) is 0. The molecule has 3 rings (SSSR count). The van der Waals surface area contributed by atoms with Gasteiger partial charge in [0.1, 0.15) is 0 Å². The fourth-order valence-electron chi connectivity index (χ4n) is 2.44. The quantitative estimate of drug-likeness (QED) is 0.389. The molecule has 1 aromatic heterocycles. The normalized spacial score (nSPS) is 11.8. The Balaban J connectivity index is 2.26. The second-order valence-corrected chi connectivity index (χ2v) is 4.64. The minimum absolute atomic E-state index is 0.932. The molecule has 0 aliphatic carbocycles. The Kier molecular flexibility index (Phi) is 3.39. The highest BCUT2D eigenvalue weighted by Crippen LogP contribution is 2.29. The first-order chi connectivity index (χ1) is 10.3. The molecule has 0 fully saturated rings. The van der Waals surface area contributed by atoms with E-state index in [1.807, 2.05) is 48.5 Å². The van der Waals surface area contributed by atoms with Gasteiger partial charge in [0.05, 0.1) is 18.1 Å². The van der Waals surface area contributed by atoms with Crippen LogP contribution in [0.15, 0.2) is 58.7 Å². The molecule has 0 aliphatic rings. The highest BCUT2D eigenvalue weighted by atomic mass is 15.1. The number of nitrogens with zero attached hydrogens (tertiary/aromatic N) is 2. The molecule has 5 N–H and O–H groups in total. The molecule has 0 saturated carbocycles. The molecule has 0 aliphatic heterocycles. The molecule has 21 heavy (non-hydrogen) atoms. The molecule has 0 atom stereocenters. The number of benzene rings is 2. The van der Waals surface area contributed by atoms with Gasteiger partial charge in [-0.2, -0.15) is 10.2 Å². The van der Waals surface area contributed by atoms with Gasteiger partial charge in [-0.05, 0) is 17.2 Å². The number of aromatic amines is 1. The van der Waals surface area contributed by atoms with Gasteiger partial charge in [0, 0.05) is 16.5 Å². The third-order valence-electron chi connectivity index (χ3n) is 3.35. The first-order valence-corrected chi connectivity index (χ1v) is 6.51. The van der Waals surface area contributed by atoms with E-state index in [1.54, 1.807) is 12.4 Å². The van der Waals surface area contributed by atoms with Crippen molar-refractivity contribution in [2.24, 2.45) is 21.9 Å². The molecule has 0 saturated heterocycles. The Labute approximate surface area is 122 Å². The average molecular weight is 277 g/mol. The van der Waals surface area contributed by atoms with E-state index in [9.17, 15) is 0 Å². The molecule has 0 bridgehead atoms. The lowest BCUT2D eigenvalue weighted by Crippen LogP contribution is -1.89. The van der Waals surface area contributed by atoms with Crippen molar-refractivity contribution >= 4 is 23.3 Å². The molecule has 3 aromatic rings. The van der Waals surface area contributed by atoms with Crippen LogP contribution in [0.4, 0.5) is 0 Å².